The van der Waals surface area contributed by atoms with Crippen LogP contribution in [0.4, 0.5) is 0 Å². The van der Waals surface area contributed by atoms with Crippen molar-refractivity contribution in [1.82, 2.24) is 4.90 Å². The first-order valence-electron chi connectivity index (χ1n) is 4.23. The van der Waals surface area contributed by atoms with Gasteiger partial charge in [0.25, 0.3) is 0 Å². The fourth-order valence-corrected chi connectivity index (χ4v) is 4.62. The van der Waals surface area contributed by atoms with Gasteiger partial charge in [-0.1, -0.05) is 0 Å². The Bertz CT molecular complexity index is 232. The Morgan fingerprint density at radius 3 is 3.15 bits per heavy atom. The molecule has 5 heteroatoms. The van der Waals surface area contributed by atoms with Crippen LogP contribution in [0.5, 0.6) is 0 Å². The molecule has 74 valence electrons. The molecule has 0 saturated carbocycles. The van der Waals surface area contributed by atoms with Gasteiger partial charge in [-0.05, 0) is 6.26 Å². The molecule has 2 saturated heterocycles. The predicted molar refractivity (Wildman–Crippen MR) is 59.5 cm³/mol. The average molecular weight is 238 g/mol. The fraction of sp³-hybridized carbons (Fsp3) is 0.875. The first kappa shape index (κ1) is 9.99. The van der Waals surface area contributed by atoms with E-state index in [-0.39, 0.29) is 4.75 Å². The van der Waals surface area contributed by atoms with Gasteiger partial charge >= 0.3 is 0 Å². The molecular formula is C8H12ClNOS2. The van der Waals surface area contributed by atoms with E-state index >= 15 is 0 Å². The van der Waals surface area contributed by atoms with Crippen molar-refractivity contribution < 1.29 is 4.79 Å². The zero-order chi connectivity index (χ0) is 9.47. The highest BCUT2D eigenvalue weighted by Crippen LogP contribution is 2.43. The maximum Gasteiger partial charge on any atom is 0.226 e. The van der Waals surface area contributed by atoms with Crippen LogP contribution in [0.25, 0.3) is 0 Å². The van der Waals surface area contributed by atoms with E-state index in [9.17, 15) is 4.79 Å². The number of thioether (sulfide) groups is 2. The third-order valence-corrected chi connectivity index (χ3v) is 6.35. The number of rotatable bonds is 2. The first-order valence-corrected chi connectivity index (χ1v) is 7.04. The lowest BCUT2D eigenvalue weighted by Gasteiger charge is -2.50. The van der Waals surface area contributed by atoms with Crippen molar-refractivity contribution in [3.05, 3.63) is 0 Å². The zero-order valence-corrected chi connectivity index (χ0v) is 9.84. The maximum atomic E-state index is 11.2. The van der Waals surface area contributed by atoms with Crippen molar-refractivity contribution >= 4 is 41.0 Å². The van der Waals surface area contributed by atoms with Gasteiger partial charge in [-0.2, -0.15) is 11.8 Å². The standard InChI is InChI=1S/C8H12ClNOS2/c1-12-8(3-9)4-10-6(11)2-7(10)13-5-8/h7H,2-5H2,1H3/t7-,8?/m1/s1. The summed E-state index contributed by atoms with van der Waals surface area (Å²) < 4.78 is 0.0960. The van der Waals surface area contributed by atoms with Crippen molar-refractivity contribution in [2.75, 3.05) is 24.4 Å². The molecule has 1 amide bonds. The van der Waals surface area contributed by atoms with Crippen LogP contribution in [0.2, 0.25) is 0 Å². The minimum Gasteiger partial charge on any atom is -0.329 e. The SMILES string of the molecule is CSC1(CCl)CS[C@@H]2CC(=O)N2C1. The summed E-state index contributed by atoms with van der Waals surface area (Å²) in [6.07, 6.45) is 2.81. The first-order chi connectivity index (χ1) is 6.21. The minimum absolute atomic E-state index is 0.0960. The molecule has 2 aliphatic rings. The van der Waals surface area contributed by atoms with Crippen LogP contribution in [0.3, 0.4) is 0 Å². The number of alkyl halides is 1. The van der Waals surface area contributed by atoms with Gasteiger partial charge < -0.3 is 4.90 Å². The fourth-order valence-electron chi connectivity index (χ4n) is 1.63. The van der Waals surface area contributed by atoms with Crippen molar-refractivity contribution in [2.45, 2.75) is 16.5 Å². The lowest BCUT2D eigenvalue weighted by Crippen LogP contribution is -2.61. The van der Waals surface area contributed by atoms with Gasteiger partial charge in [0.15, 0.2) is 0 Å². The summed E-state index contributed by atoms with van der Waals surface area (Å²) in [5.41, 5.74) is 0. The van der Waals surface area contributed by atoms with Crippen molar-refractivity contribution in [2.24, 2.45) is 0 Å². The third kappa shape index (κ3) is 1.57. The summed E-state index contributed by atoms with van der Waals surface area (Å²) in [6, 6.07) is 0. The number of amides is 1. The normalized spacial score (nSPS) is 38.5. The quantitative estimate of drug-likeness (QED) is 0.538. The molecule has 2 fully saturated rings. The Labute approximate surface area is 91.8 Å². The molecule has 0 radical (unpaired) electrons. The molecular weight excluding hydrogens is 226 g/mol. The third-order valence-electron chi connectivity index (χ3n) is 2.69. The van der Waals surface area contributed by atoms with E-state index in [2.05, 4.69) is 6.26 Å². The Morgan fingerprint density at radius 2 is 2.62 bits per heavy atom. The Balaban J connectivity index is 2.06. The van der Waals surface area contributed by atoms with E-state index in [1.165, 1.54) is 0 Å². The maximum absolute atomic E-state index is 11.2. The zero-order valence-electron chi connectivity index (χ0n) is 7.46. The van der Waals surface area contributed by atoms with Crippen molar-refractivity contribution in [3.8, 4) is 0 Å². The van der Waals surface area contributed by atoms with E-state index < -0.39 is 0 Å². The van der Waals surface area contributed by atoms with E-state index in [4.69, 9.17) is 11.6 Å². The molecule has 0 aromatic rings. The van der Waals surface area contributed by atoms with Crippen LogP contribution in [-0.4, -0.2) is 45.4 Å². The summed E-state index contributed by atoms with van der Waals surface area (Å²) >= 11 is 9.61. The van der Waals surface area contributed by atoms with Crippen LogP contribution in [0.1, 0.15) is 6.42 Å². The molecule has 2 nitrogen and oxygen atoms in total. The topological polar surface area (TPSA) is 20.3 Å². The monoisotopic (exact) mass is 237 g/mol. The molecule has 2 atom stereocenters. The summed E-state index contributed by atoms with van der Waals surface area (Å²) in [5, 5.41) is 0.455. The second-order valence-corrected chi connectivity index (χ2v) is 6.22. The van der Waals surface area contributed by atoms with Gasteiger partial charge in [0, 0.05) is 18.2 Å². The van der Waals surface area contributed by atoms with Gasteiger partial charge in [-0.25, -0.2) is 0 Å². The van der Waals surface area contributed by atoms with Crippen molar-refractivity contribution in [3.63, 3.8) is 0 Å². The van der Waals surface area contributed by atoms with Crippen LogP contribution in [-0.2, 0) is 4.79 Å². The number of hydrogen-bond acceptors (Lipinski definition) is 3. The second kappa shape index (κ2) is 3.55. The largest absolute Gasteiger partial charge is 0.329 e. The molecule has 0 spiro atoms. The van der Waals surface area contributed by atoms with Gasteiger partial charge in [0.05, 0.1) is 16.5 Å². The lowest BCUT2D eigenvalue weighted by atomic mass is 10.1. The minimum atomic E-state index is 0.0960. The van der Waals surface area contributed by atoms with Crippen molar-refractivity contribution in [1.29, 1.82) is 0 Å². The van der Waals surface area contributed by atoms with Crippen LogP contribution >= 0.6 is 35.1 Å². The van der Waals surface area contributed by atoms with E-state index in [0.29, 0.717) is 17.2 Å². The molecule has 0 aromatic heterocycles. The van der Waals surface area contributed by atoms with Crippen LogP contribution in [0.15, 0.2) is 0 Å². The van der Waals surface area contributed by atoms with E-state index in [1.54, 1.807) is 11.8 Å². The highest BCUT2D eigenvalue weighted by atomic mass is 35.5. The average Bonchev–Trinajstić information content (AvgIpc) is 2.17. The number of β-lactam (4-membered cyclic amide) rings is 1. The number of hydrogen-bond donors (Lipinski definition) is 0. The predicted octanol–water partition coefficient (Wildman–Crippen LogP) is 1.63. The number of halogens is 1. The summed E-state index contributed by atoms with van der Waals surface area (Å²) in [7, 11) is 0. The molecule has 0 bridgehead atoms. The summed E-state index contributed by atoms with van der Waals surface area (Å²) in [5.74, 6) is 2.00. The van der Waals surface area contributed by atoms with Gasteiger partial charge in [0.2, 0.25) is 5.91 Å². The molecule has 2 aliphatic heterocycles. The lowest BCUT2D eigenvalue weighted by molar-refractivity contribution is -0.142. The number of carbonyl (C=O) groups is 1. The molecule has 2 heterocycles. The molecule has 1 unspecified atom stereocenters. The van der Waals surface area contributed by atoms with Gasteiger partial charge in [0.1, 0.15) is 0 Å². The highest BCUT2D eigenvalue weighted by molar-refractivity contribution is 8.04. The number of fused-ring (bicyclic) bond motifs is 1. The number of nitrogens with zero attached hydrogens (tertiary/aromatic N) is 1. The molecule has 0 N–H and O–H groups in total. The Kier molecular flexibility index (Phi) is 2.73. The van der Waals surface area contributed by atoms with E-state index in [0.717, 1.165) is 18.7 Å². The molecule has 0 aromatic carbocycles. The Hall–Kier alpha value is 0.460. The Morgan fingerprint density at radius 1 is 1.85 bits per heavy atom. The molecule has 13 heavy (non-hydrogen) atoms. The molecule has 2 rings (SSSR count). The van der Waals surface area contributed by atoms with Crippen LogP contribution < -0.4 is 0 Å². The second-order valence-electron chi connectivity index (χ2n) is 3.51. The summed E-state index contributed by atoms with van der Waals surface area (Å²) in [6.45, 7) is 0.841. The summed E-state index contributed by atoms with van der Waals surface area (Å²) in [4.78, 5) is 13.2. The number of carbonyl (C=O) groups excluding carboxylic acids is 1. The smallest absolute Gasteiger partial charge is 0.226 e. The van der Waals surface area contributed by atoms with Crippen LogP contribution in [0, 0.1) is 0 Å². The van der Waals surface area contributed by atoms with Gasteiger partial charge in [-0.15, -0.1) is 23.4 Å². The molecule has 0 aliphatic carbocycles. The van der Waals surface area contributed by atoms with E-state index in [1.807, 2.05) is 16.7 Å². The highest BCUT2D eigenvalue weighted by Gasteiger charge is 2.47. The van der Waals surface area contributed by atoms with Gasteiger partial charge in [-0.3, -0.25) is 4.79 Å².